The molecule has 0 saturated heterocycles. The first-order valence-electron chi connectivity index (χ1n) is 4.95. The molecule has 0 aromatic heterocycles. The molecule has 4 atom stereocenters. The molecule has 3 fully saturated rings. The van der Waals surface area contributed by atoms with Crippen molar-refractivity contribution in [2.75, 3.05) is 0 Å². The lowest BCUT2D eigenvalue weighted by molar-refractivity contribution is -0.0461. The van der Waals surface area contributed by atoms with Gasteiger partial charge in [-0.1, -0.05) is 0 Å². The van der Waals surface area contributed by atoms with Crippen LogP contribution in [-0.2, 0) is 0 Å². The van der Waals surface area contributed by atoms with E-state index in [2.05, 4.69) is 0 Å². The summed E-state index contributed by atoms with van der Waals surface area (Å²) in [5.74, 6) is 4.82. The van der Waals surface area contributed by atoms with E-state index in [-0.39, 0.29) is 0 Å². The van der Waals surface area contributed by atoms with E-state index in [1.165, 1.54) is 23.7 Å². The van der Waals surface area contributed by atoms with Gasteiger partial charge in [0.1, 0.15) is 0 Å². The van der Waals surface area contributed by atoms with Crippen molar-refractivity contribution >= 4 is 0 Å². The molecule has 0 radical (unpaired) electrons. The Morgan fingerprint density at radius 3 is 1.20 bits per heavy atom. The fourth-order valence-electron chi connectivity index (χ4n) is 3.46. The molecule has 0 nitrogen and oxygen atoms in total. The molecular formula is C10H16. The van der Waals surface area contributed by atoms with Gasteiger partial charge in [-0.3, -0.25) is 0 Å². The van der Waals surface area contributed by atoms with Crippen LogP contribution in [0.15, 0.2) is 0 Å². The van der Waals surface area contributed by atoms with Crippen LogP contribution in [0.5, 0.6) is 0 Å². The predicted molar refractivity (Wildman–Crippen MR) is 41.7 cm³/mol. The lowest BCUT2D eigenvalue weighted by Crippen LogP contribution is -2.45. The SMILES string of the molecule is C1CC2CC[C@H]2C2CCC12. The van der Waals surface area contributed by atoms with Crippen molar-refractivity contribution in [1.82, 2.24) is 0 Å². The van der Waals surface area contributed by atoms with Crippen LogP contribution in [0.2, 0.25) is 0 Å². The standard InChI is InChI=1S/C10H16/c1-2-8-4-6-10(8)9-5-3-7(1)9/h7-10H,1-6H2/t7?,8?,9-,10?/m1/s1. The van der Waals surface area contributed by atoms with Crippen LogP contribution in [0.4, 0.5) is 0 Å². The monoisotopic (exact) mass is 136 g/mol. The Labute approximate surface area is 63.0 Å². The summed E-state index contributed by atoms with van der Waals surface area (Å²) in [5, 5.41) is 0. The maximum atomic E-state index is 1.59. The van der Waals surface area contributed by atoms with Crippen LogP contribution < -0.4 is 0 Å². The normalized spacial score (nSPS) is 57.6. The van der Waals surface area contributed by atoms with Gasteiger partial charge in [0.25, 0.3) is 0 Å². The third kappa shape index (κ3) is 0.538. The van der Waals surface area contributed by atoms with Gasteiger partial charge in [-0.05, 0) is 62.2 Å². The highest BCUT2D eigenvalue weighted by atomic mass is 14.5. The Bertz CT molecular complexity index is 132. The highest BCUT2D eigenvalue weighted by Crippen LogP contribution is 2.57. The van der Waals surface area contributed by atoms with Crippen molar-refractivity contribution in [2.45, 2.75) is 38.5 Å². The summed E-state index contributed by atoms with van der Waals surface area (Å²) in [7, 11) is 0. The van der Waals surface area contributed by atoms with Gasteiger partial charge in [0, 0.05) is 0 Å². The first-order valence-corrected chi connectivity index (χ1v) is 4.95. The molecule has 3 aliphatic rings. The Hall–Kier alpha value is 0. The van der Waals surface area contributed by atoms with Gasteiger partial charge in [-0.25, -0.2) is 0 Å². The zero-order valence-corrected chi connectivity index (χ0v) is 6.55. The summed E-state index contributed by atoms with van der Waals surface area (Å²) in [4.78, 5) is 0. The second-order valence-corrected chi connectivity index (χ2v) is 4.58. The second kappa shape index (κ2) is 1.78. The summed E-state index contributed by atoms with van der Waals surface area (Å²) in [5.41, 5.74) is 0. The Morgan fingerprint density at radius 1 is 0.500 bits per heavy atom. The summed E-state index contributed by atoms with van der Waals surface area (Å²) in [6, 6.07) is 0. The van der Waals surface area contributed by atoms with Crippen LogP contribution in [0, 0.1) is 23.7 Å². The Morgan fingerprint density at radius 2 is 0.900 bits per heavy atom. The molecule has 0 aliphatic heterocycles. The molecule has 0 heterocycles. The Kier molecular flexibility index (Phi) is 1.00. The molecule has 56 valence electrons. The van der Waals surface area contributed by atoms with Gasteiger partial charge in [-0.15, -0.1) is 0 Å². The third-order valence-corrected chi connectivity index (χ3v) is 4.41. The maximum Gasteiger partial charge on any atom is -0.0355 e. The van der Waals surface area contributed by atoms with E-state index < -0.39 is 0 Å². The molecule has 3 unspecified atom stereocenters. The fraction of sp³-hybridized carbons (Fsp3) is 1.00. The van der Waals surface area contributed by atoms with E-state index in [9.17, 15) is 0 Å². The van der Waals surface area contributed by atoms with E-state index in [0.29, 0.717) is 0 Å². The smallest absolute Gasteiger partial charge is 0.0355 e. The zero-order valence-electron chi connectivity index (χ0n) is 6.55. The molecule has 0 aromatic rings. The first kappa shape index (κ1) is 5.62. The van der Waals surface area contributed by atoms with Gasteiger partial charge >= 0.3 is 0 Å². The number of fused-ring (bicyclic) bond motifs is 3. The summed E-state index contributed by atoms with van der Waals surface area (Å²) in [6.45, 7) is 0. The van der Waals surface area contributed by atoms with Gasteiger partial charge in [0.15, 0.2) is 0 Å². The van der Waals surface area contributed by atoms with E-state index in [1.807, 2.05) is 0 Å². The molecule has 0 aromatic carbocycles. The van der Waals surface area contributed by atoms with Crippen LogP contribution >= 0.6 is 0 Å². The summed E-state index contributed by atoms with van der Waals surface area (Å²) < 4.78 is 0. The molecule has 10 heavy (non-hydrogen) atoms. The Balaban J connectivity index is 1.78. The number of hydrogen-bond acceptors (Lipinski definition) is 0. The van der Waals surface area contributed by atoms with Crippen LogP contribution in [0.1, 0.15) is 38.5 Å². The van der Waals surface area contributed by atoms with Crippen LogP contribution in [0.3, 0.4) is 0 Å². The average Bonchev–Trinajstić information content (AvgIpc) is 1.84. The number of hydrogen-bond donors (Lipinski definition) is 0. The molecule has 3 saturated carbocycles. The van der Waals surface area contributed by atoms with Crippen LogP contribution in [0.25, 0.3) is 0 Å². The summed E-state index contributed by atoms with van der Waals surface area (Å²) >= 11 is 0. The van der Waals surface area contributed by atoms with E-state index in [0.717, 1.165) is 0 Å². The minimum atomic E-state index is 1.20. The fourth-order valence-corrected chi connectivity index (χ4v) is 3.46. The molecule has 0 heteroatoms. The largest absolute Gasteiger partial charge is 0.0499 e. The van der Waals surface area contributed by atoms with E-state index in [1.54, 1.807) is 38.5 Å². The minimum Gasteiger partial charge on any atom is -0.0499 e. The van der Waals surface area contributed by atoms with Crippen molar-refractivity contribution in [3.05, 3.63) is 0 Å². The van der Waals surface area contributed by atoms with Crippen molar-refractivity contribution < 1.29 is 0 Å². The topological polar surface area (TPSA) is 0 Å². The first-order chi connectivity index (χ1) is 4.95. The van der Waals surface area contributed by atoms with E-state index >= 15 is 0 Å². The van der Waals surface area contributed by atoms with Crippen molar-refractivity contribution in [1.29, 1.82) is 0 Å². The maximum absolute atomic E-state index is 1.59. The van der Waals surface area contributed by atoms with E-state index in [4.69, 9.17) is 0 Å². The molecule has 3 aliphatic carbocycles. The molecule has 0 bridgehead atoms. The van der Waals surface area contributed by atoms with Crippen molar-refractivity contribution in [3.8, 4) is 0 Å². The van der Waals surface area contributed by atoms with Gasteiger partial charge in [-0.2, -0.15) is 0 Å². The lowest BCUT2D eigenvalue weighted by atomic mass is 9.51. The molecular weight excluding hydrogens is 120 g/mol. The summed E-state index contributed by atoms with van der Waals surface area (Å²) in [6.07, 6.45) is 9.51. The van der Waals surface area contributed by atoms with Crippen molar-refractivity contribution in [3.63, 3.8) is 0 Å². The lowest BCUT2D eigenvalue weighted by Gasteiger charge is -2.55. The molecule has 0 amide bonds. The average molecular weight is 136 g/mol. The second-order valence-electron chi connectivity index (χ2n) is 4.58. The highest BCUT2D eigenvalue weighted by molar-refractivity contribution is 4.97. The minimum absolute atomic E-state index is 1.20. The number of rotatable bonds is 0. The molecule has 0 spiro atoms. The van der Waals surface area contributed by atoms with Gasteiger partial charge in [0.05, 0.1) is 0 Å². The third-order valence-electron chi connectivity index (χ3n) is 4.41. The van der Waals surface area contributed by atoms with Gasteiger partial charge in [0.2, 0.25) is 0 Å². The molecule has 0 N–H and O–H groups in total. The van der Waals surface area contributed by atoms with Gasteiger partial charge < -0.3 is 0 Å². The predicted octanol–water partition coefficient (Wildman–Crippen LogP) is 2.83. The quantitative estimate of drug-likeness (QED) is 0.480. The van der Waals surface area contributed by atoms with Crippen molar-refractivity contribution in [2.24, 2.45) is 23.7 Å². The van der Waals surface area contributed by atoms with Crippen LogP contribution in [-0.4, -0.2) is 0 Å². The molecule has 3 rings (SSSR count). The zero-order chi connectivity index (χ0) is 6.55. The highest BCUT2D eigenvalue weighted by Gasteiger charge is 2.47.